The van der Waals surface area contributed by atoms with Crippen LogP contribution in [0.1, 0.15) is 43.9 Å². The zero-order chi connectivity index (χ0) is 18.0. The van der Waals surface area contributed by atoms with Gasteiger partial charge in [-0.3, -0.25) is 4.79 Å². The third-order valence-electron chi connectivity index (χ3n) is 4.56. The van der Waals surface area contributed by atoms with Gasteiger partial charge in [0.25, 0.3) is 0 Å². The third-order valence-corrected chi connectivity index (χ3v) is 4.75. The molecule has 1 saturated heterocycles. The minimum Gasteiger partial charge on any atom is -0.340 e. The number of aryl methyl sites for hydroxylation is 1. The highest BCUT2D eigenvalue weighted by Gasteiger charge is 2.38. The molecule has 1 aliphatic rings. The summed E-state index contributed by atoms with van der Waals surface area (Å²) < 4.78 is 0. The van der Waals surface area contributed by atoms with Crippen LogP contribution in [0, 0.1) is 6.92 Å². The van der Waals surface area contributed by atoms with Crippen LogP contribution in [0.2, 0.25) is 5.02 Å². The molecule has 1 N–H and O–H groups in total. The Balaban J connectivity index is 1.77. The first-order valence-electron chi connectivity index (χ1n) is 8.50. The monoisotopic (exact) mass is 358 g/mol. The van der Waals surface area contributed by atoms with E-state index in [4.69, 9.17) is 11.6 Å². The first-order chi connectivity index (χ1) is 11.9. The molecule has 0 aliphatic carbocycles. The second kappa shape index (κ2) is 7.00. The van der Waals surface area contributed by atoms with Gasteiger partial charge in [-0.05, 0) is 39.2 Å². The number of nitrogens with zero attached hydrogens (tertiary/aromatic N) is 3. The molecule has 1 amide bonds. The normalized spacial score (nSPS) is 17.6. The maximum absolute atomic E-state index is 13.2. The van der Waals surface area contributed by atoms with Crippen molar-refractivity contribution in [3.05, 3.63) is 52.8 Å². The van der Waals surface area contributed by atoms with E-state index < -0.39 is 5.54 Å². The second-order valence-electron chi connectivity index (χ2n) is 7.04. The van der Waals surface area contributed by atoms with Gasteiger partial charge in [0.1, 0.15) is 5.54 Å². The van der Waals surface area contributed by atoms with Gasteiger partial charge in [-0.25, -0.2) is 9.97 Å². The molecule has 0 bridgehead atoms. The van der Waals surface area contributed by atoms with Crippen LogP contribution in [0.4, 0.5) is 5.95 Å². The molecule has 25 heavy (non-hydrogen) atoms. The molecule has 1 unspecified atom stereocenters. The summed E-state index contributed by atoms with van der Waals surface area (Å²) in [5.74, 6) is 0.447. The molecular formula is C19H23ClN4O. The minimum absolute atomic E-state index is 0.0501. The van der Waals surface area contributed by atoms with Gasteiger partial charge in [0.05, 0.1) is 23.5 Å². The molecule has 2 heterocycles. The molecule has 5 nitrogen and oxygen atoms in total. The molecule has 0 spiro atoms. The lowest BCUT2D eigenvalue weighted by Gasteiger charge is -2.34. The number of hydrogen-bond donors (Lipinski definition) is 1. The highest BCUT2D eigenvalue weighted by atomic mass is 35.5. The quantitative estimate of drug-likeness (QED) is 0.897. The average molecular weight is 359 g/mol. The Bertz CT molecular complexity index is 743. The van der Waals surface area contributed by atoms with Crippen molar-refractivity contribution in [2.24, 2.45) is 0 Å². The molecule has 132 valence electrons. The van der Waals surface area contributed by atoms with Gasteiger partial charge in [0, 0.05) is 6.54 Å². The summed E-state index contributed by atoms with van der Waals surface area (Å²) >= 11 is 5.82. The number of halogens is 1. The van der Waals surface area contributed by atoms with E-state index in [2.05, 4.69) is 46.5 Å². The van der Waals surface area contributed by atoms with Crippen molar-refractivity contribution in [2.75, 3.05) is 11.9 Å². The average Bonchev–Trinajstić information content (AvgIpc) is 3.06. The standard InChI is InChI=1S/C19H23ClN4O/c1-13-6-8-14(9-7-13)16-5-4-10-24(16)17(25)19(2,3)23-18-21-11-15(20)12-22-18/h6-9,11-12,16H,4-5,10H2,1-3H3,(H,21,22,23). The van der Waals surface area contributed by atoms with Gasteiger partial charge in [-0.15, -0.1) is 0 Å². The zero-order valence-electron chi connectivity index (χ0n) is 14.8. The number of likely N-dealkylation sites (tertiary alicyclic amines) is 1. The minimum atomic E-state index is -0.804. The summed E-state index contributed by atoms with van der Waals surface area (Å²) in [4.78, 5) is 23.4. The van der Waals surface area contributed by atoms with Crippen LogP contribution in [0.5, 0.6) is 0 Å². The Kier molecular flexibility index (Phi) is 4.95. The number of carbonyl (C=O) groups is 1. The number of rotatable bonds is 4. The maximum Gasteiger partial charge on any atom is 0.248 e. The molecule has 0 saturated carbocycles. The Hall–Kier alpha value is -2.14. The number of hydrogen-bond acceptors (Lipinski definition) is 4. The predicted molar refractivity (Wildman–Crippen MR) is 99.6 cm³/mol. The van der Waals surface area contributed by atoms with Crippen LogP contribution in [-0.2, 0) is 4.79 Å². The summed E-state index contributed by atoms with van der Waals surface area (Å²) in [5.41, 5.74) is 1.61. The molecule has 6 heteroatoms. The molecule has 3 rings (SSSR count). The van der Waals surface area contributed by atoms with Crippen molar-refractivity contribution in [3.63, 3.8) is 0 Å². The number of anilines is 1. The van der Waals surface area contributed by atoms with Crippen molar-refractivity contribution in [1.29, 1.82) is 0 Å². The Morgan fingerprint density at radius 1 is 1.24 bits per heavy atom. The fraction of sp³-hybridized carbons (Fsp3) is 0.421. The SMILES string of the molecule is Cc1ccc(C2CCCN2C(=O)C(C)(C)Nc2ncc(Cl)cn2)cc1. The van der Waals surface area contributed by atoms with E-state index in [1.165, 1.54) is 23.5 Å². The maximum atomic E-state index is 13.2. The van der Waals surface area contributed by atoms with E-state index >= 15 is 0 Å². The summed E-state index contributed by atoms with van der Waals surface area (Å²) in [7, 11) is 0. The van der Waals surface area contributed by atoms with Crippen molar-refractivity contribution >= 4 is 23.5 Å². The van der Waals surface area contributed by atoms with Crippen molar-refractivity contribution < 1.29 is 4.79 Å². The van der Waals surface area contributed by atoms with Gasteiger partial charge in [0.2, 0.25) is 11.9 Å². The number of benzene rings is 1. The number of amides is 1. The van der Waals surface area contributed by atoms with E-state index in [0.717, 1.165) is 19.4 Å². The fourth-order valence-electron chi connectivity index (χ4n) is 3.21. The van der Waals surface area contributed by atoms with E-state index in [9.17, 15) is 4.79 Å². The first kappa shape index (κ1) is 17.7. The van der Waals surface area contributed by atoms with Gasteiger partial charge in [0.15, 0.2) is 0 Å². The van der Waals surface area contributed by atoms with E-state index in [-0.39, 0.29) is 11.9 Å². The highest BCUT2D eigenvalue weighted by Crippen LogP contribution is 2.34. The molecule has 2 aromatic rings. The van der Waals surface area contributed by atoms with E-state index in [0.29, 0.717) is 11.0 Å². The smallest absolute Gasteiger partial charge is 0.248 e. The van der Waals surface area contributed by atoms with Crippen molar-refractivity contribution in [1.82, 2.24) is 14.9 Å². The summed E-state index contributed by atoms with van der Waals surface area (Å²) in [5, 5.41) is 3.60. The number of nitrogens with one attached hydrogen (secondary N) is 1. The highest BCUT2D eigenvalue weighted by molar-refractivity contribution is 6.30. The number of carbonyl (C=O) groups excluding carboxylic acids is 1. The van der Waals surface area contributed by atoms with Crippen LogP contribution >= 0.6 is 11.6 Å². The van der Waals surface area contributed by atoms with Crippen LogP contribution in [-0.4, -0.2) is 32.9 Å². The molecule has 1 fully saturated rings. The summed E-state index contributed by atoms with van der Waals surface area (Å²) in [6.45, 7) is 6.56. The van der Waals surface area contributed by atoms with Gasteiger partial charge < -0.3 is 10.2 Å². The van der Waals surface area contributed by atoms with E-state index in [1.54, 1.807) is 0 Å². The zero-order valence-corrected chi connectivity index (χ0v) is 15.5. The molecule has 1 aromatic carbocycles. The Morgan fingerprint density at radius 2 is 1.88 bits per heavy atom. The van der Waals surface area contributed by atoms with Crippen LogP contribution in [0.25, 0.3) is 0 Å². The van der Waals surface area contributed by atoms with E-state index in [1.807, 2.05) is 18.7 Å². The molecule has 0 radical (unpaired) electrons. The third kappa shape index (κ3) is 3.93. The largest absolute Gasteiger partial charge is 0.340 e. The summed E-state index contributed by atoms with van der Waals surface area (Å²) in [6, 6.07) is 8.56. The number of aromatic nitrogens is 2. The molecule has 1 atom stereocenters. The van der Waals surface area contributed by atoms with Crippen molar-refractivity contribution in [3.8, 4) is 0 Å². The van der Waals surface area contributed by atoms with Crippen molar-refractivity contribution in [2.45, 2.75) is 45.2 Å². The first-order valence-corrected chi connectivity index (χ1v) is 8.88. The Labute approximate surface area is 153 Å². The molecular weight excluding hydrogens is 336 g/mol. The van der Waals surface area contributed by atoms with Crippen LogP contribution in [0.15, 0.2) is 36.7 Å². The second-order valence-corrected chi connectivity index (χ2v) is 7.48. The lowest BCUT2D eigenvalue weighted by molar-refractivity contribution is -0.136. The fourth-order valence-corrected chi connectivity index (χ4v) is 3.31. The predicted octanol–water partition coefficient (Wildman–Crippen LogP) is 3.99. The van der Waals surface area contributed by atoms with Gasteiger partial charge in [-0.2, -0.15) is 0 Å². The van der Waals surface area contributed by atoms with Gasteiger partial charge >= 0.3 is 0 Å². The Morgan fingerprint density at radius 3 is 2.52 bits per heavy atom. The molecule has 1 aromatic heterocycles. The lowest BCUT2D eigenvalue weighted by atomic mass is 9.99. The van der Waals surface area contributed by atoms with Gasteiger partial charge in [-0.1, -0.05) is 41.4 Å². The van der Waals surface area contributed by atoms with Crippen LogP contribution < -0.4 is 5.32 Å². The summed E-state index contributed by atoms with van der Waals surface area (Å²) in [6.07, 6.45) is 5.03. The lowest BCUT2D eigenvalue weighted by Crippen LogP contribution is -2.50. The van der Waals surface area contributed by atoms with Crippen LogP contribution in [0.3, 0.4) is 0 Å². The molecule has 1 aliphatic heterocycles. The topological polar surface area (TPSA) is 58.1 Å².